The number of carbonyl (C=O) groups is 1. The highest BCUT2D eigenvalue weighted by Gasteiger charge is 2.23. The predicted octanol–water partition coefficient (Wildman–Crippen LogP) is 3.12. The summed E-state index contributed by atoms with van der Waals surface area (Å²) in [6.45, 7) is 0. The monoisotopic (exact) mass is 180 g/mol. The van der Waals surface area contributed by atoms with E-state index in [0.717, 1.165) is 18.4 Å². The third-order valence-corrected chi connectivity index (χ3v) is 3.21. The lowest BCUT2D eigenvalue weighted by Gasteiger charge is -2.04. The van der Waals surface area contributed by atoms with Crippen LogP contribution >= 0.6 is 11.3 Å². The lowest BCUT2D eigenvalue weighted by molar-refractivity contribution is 0.0923. The summed E-state index contributed by atoms with van der Waals surface area (Å²) in [7, 11) is 0. The fourth-order valence-corrected chi connectivity index (χ4v) is 2.47. The quantitative estimate of drug-likeness (QED) is 0.639. The third kappa shape index (κ3) is 1.44. The van der Waals surface area contributed by atoms with Crippen molar-refractivity contribution in [2.24, 2.45) is 5.92 Å². The molecule has 1 heterocycles. The average Bonchev–Trinajstić information content (AvgIpc) is 2.77. The van der Waals surface area contributed by atoms with Gasteiger partial charge in [-0.05, 0) is 24.3 Å². The number of Topliss-reactive ketones (excluding diaryl/α,β-unsaturated/α-hetero) is 1. The summed E-state index contributed by atoms with van der Waals surface area (Å²) in [6, 6.07) is 1.94. The van der Waals surface area contributed by atoms with Crippen molar-refractivity contribution in [3.63, 3.8) is 0 Å². The van der Waals surface area contributed by atoms with E-state index in [9.17, 15) is 4.79 Å². The molecular weight excluding hydrogens is 168 g/mol. The standard InChI is InChI=1S/C10H12OS/c11-10(8-3-1-2-4-8)9-5-6-12-7-9/h5-8H,1-4H2. The van der Waals surface area contributed by atoms with Crippen LogP contribution in [-0.2, 0) is 0 Å². The number of hydrogen-bond donors (Lipinski definition) is 0. The van der Waals surface area contributed by atoms with Crippen LogP contribution < -0.4 is 0 Å². The average molecular weight is 180 g/mol. The molecule has 1 aromatic rings. The highest BCUT2D eigenvalue weighted by Crippen LogP contribution is 2.28. The second kappa shape index (κ2) is 3.40. The zero-order valence-corrected chi connectivity index (χ0v) is 7.77. The summed E-state index contributed by atoms with van der Waals surface area (Å²) in [5.74, 6) is 0.702. The fraction of sp³-hybridized carbons (Fsp3) is 0.500. The van der Waals surface area contributed by atoms with Crippen molar-refractivity contribution in [2.45, 2.75) is 25.7 Å². The summed E-state index contributed by atoms with van der Waals surface area (Å²) in [4.78, 5) is 11.7. The van der Waals surface area contributed by atoms with E-state index in [1.54, 1.807) is 11.3 Å². The predicted molar refractivity (Wildman–Crippen MR) is 50.6 cm³/mol. The number of carbonyl (C=O) groups excluding carboxylic acids is 1. The van der Waals surface area contributed by atoms with E-state index in [0.29, 0.717) is 11.7 Å². The molecule has 1 aromatic heterocycles. The largest absolute Gasteiger partial charge is 0.294 e. The summed E-state index contributed by atoms with van der Waals surface area (Å²) in [5, 5.41) is 3.93. The van der Waals surface area contributed by atoms with Crippen LogP contribution in [0.15, 0.2) is 16.8 Å². The van der Waals surface area contributed by atoms with E-state index < -0.39 is 0 Å². The van der Waals surface area contributed by atoms with Crippen molar-refractivity contribution in [3.8, 4) is 0 Å². The van der Waals surface area contributed by atoms with Crippen LogP contribution in [0.25, 0.3) is 0 Å². The van der Waals surface area contributed by atoms with Crippen molar-refractivity contribution in [1.82, 2.24) is 0 Å². The van der Waals surface area contributed by atoms with Crippen LogP contribution in [0.5, 0.6) is 0 Å². The van der Waals surface area contributed by atoms with Gasteiger partial charge >= 0.3 is 0 Å². The van der Waals surface area contributed by atoms with Crippen LogP contribution in [0.4, 0.5) is 0 Å². The molecule has 0 bridgehead atoms. The normalized spacial score (nSPS) is 18.3. The van der Waals surface area contributed by atoms with Gasteiger partial charge in [-0.2, -0.15) is 11.3 Å². The zero-order valence-electron chi connectivity index (χ0n) is 6.95. The van der Waals surface area contributed by atoms with Gasteiger partial charge in [0.1, 0.15) is 0 Å². The minimum Gasteiger partial charge on any atom is -0.294 e. The van der Waals surface area contributed by atoms with Gasteiger partial charge in [-0.1, -0.05) is 12.8 Å². The van der Waals surface area contributed by atoms with E-state index in [1.165, 1.54) is 12.8 Å². The van der Waals surface area contributed by atoms with Crippen molar-refractivity contribution in [1.29, 1.82) is 0 Å². The summed E-state index contributed by atoms with van der Waals surface area (Å²) in [6.07, 6.45) is 4.68. The van der Waals surface area contributed by atoms with E-state index in [2.05, 4.69) is 0 Å². The molecule has 12 heavy (non-hydrogen) atoms. The van der Waals surface area contributed by atoms with Crippen molar-refractivity contribution in [2.75, 3.05) is 0 Å². The Kier molecular flexibility index (Phi) is 2.26. The van der Waals surface area contributed by atoms with Gasteiger partial charge in [0.15, 0.2) is 5.78 Å². The smallest absolute Gasteiger partial charge is 0.166 e. The first-order valence-corrected chi connectivity index (χ1v) is 5.38. The van der Waals surface area contributed by atoms with Crippen molar-refractivity contribution in [3.05, 3.63) is 22.4 Å². The van der Waals surface area contributed by atoms with Crippen LogP contribution in [0.2, 0.25) is 0 Å². The first kappa shape index (κ1) is 7.99. The molecule has 0 amide bonds. The molecule has 2 heteroatoms. The molecule has 1 fully saturated rings. The number of ketones is 1. The van der Waals surface area contributed by atoms with Crippen LogP contribution in [0.3, 0.4) is 0 Å². The molecule has 64 valence electrons. The van der Waals surface area contributed by atoms with Gasteiger partial charge in [0, 0.05) is 16.9 Å². The van der Waals surface area contributed by atoms with Gasteiger partial charge in [0.2, 0.25) is 0 Å². The Labute approximate surface area is 76.4 Å². The minimum atomic E-state index is 0.333. The second-order valence-corrected chi connectivity index (χ2v) is 4.14. The molecule has 0 saturated heterocycles. The van der Waals surface area contributed by atoms with E-state index in [1.807, 2.05) is 16.8 Å². The van der Waals surface area contributed by atoms with Gasteiger partial charge in [-0.3, -0.25) is 4.79 Å². The topological polar surface area (TPSA) is 17.1 Å². The maximum absolute atomic E-state index is 11.7. The molecule has 0 aliphatic heterocycles. The van der Waals surface area contributed by atoms with Crippen molar-refractivity contribution < 1.29 is 4.79 Å². The van der Waals surface area contributed by atoms with Crippen LogP contribution in [0.1, 0.15) is 36.0 Å². The second-order valence-electron chi connectivity index (χ2n) is 3.36. The van der Waals surface area contributed by atoms with E-state index >= 15 is 0 Å². The Hall–Kier alpha value is -0.630. The van der Waals surface area contributed by atoms with Gasteiger partial charge in [-0.15, -0.1) is 0 Å². The van der Waals surface area contributed by atoms with E-state index in [-0.39, 0.29) is 0 Å². The lowest BCUT2D eigenvalue weighted by atomic mass is 9.98. The first-order chi connectivity index (χ1) is 5.88. The molecule has 1 saturated carbocycles. The molecule has 1 nitrogen and oxygen atoms in total. The highest BCUT2D eigenvalue weighted by molar-refractivity contribution is 7.08. The SMILES string of the molecule is O=C(c1ccsc1)C1CCCC1. The summed E-state index contributed by atoms with van der Waals surface area (Å²) >= 11 is 1.61. The Bertz CT molecular complexity index is 257. The van der Waals surface area contributed by atoms with E-state index in [4.69, 9.17) is 0 Å². The van der Waals surface area contributed by atoms with Gasteiger partial charge in [0.05, 0.1) is 0 Å². The Morgan fingerprint density at radius 1 is 1.42 bits per heavy atom. The maximum Gasteiger partial charge on any atom is 0.166 e. The third-order valence-electron chi connectivity index (χ3n) is 2.53. The van der Waals surface area contributed by atoms with Crippen LogP contribution in [0, 0.1) is 5.92 Å². The van der Waals surface area contributed by atoms with Gasteiger partial charge in [0.25, 0.3) is 0 Å². The Balaban J connectivity index is 2.09. The van der Waals surface area contributed by atoms with Crippen LogP contribution in [-0.4, -0.2) is 5.78 Å². The molecule has 1 aliphatic carbocycles. The summed E-state index contributed by atoms with van der Waals surface area (Å²) < 4.78 is 0. The molecule has 0 aromatic carbocycles. The number of thiophene rings is 1. The molecule has 0 spiro atoms. The Morgan fingerprint density at radius 2 is 2.17 bits per heavy atom. The number of hydrogen-bond acceptors (Lipinski definition) is 2. The molecule has 0 unspecified atom stereocenters. The van der Waals surface area contributed by atoms with Crippen molar-refractivity contribution >= 4 is 17.1 Å². The molecule has 2 rings (SSSR count). The first-order valence-electron chi connectivity index (χ1n) is 4.44. The molecule has 0 radical (unpaired) electrons. The van der Waals surface area contributed by atoms with Gasteiger partial charge in [-0.25, -0.2) is 0 Å². The maximum atomic E-state index is 11.7. The Morgan fingerprint density at radius 3 is 2.75 bits per heavy atom. The fourth-order valence-electron chi connectivity index (χ4n) is 1.83. The minimum absolute atomic E-state index is 0.333. The highest BCUT2D eigenvalue weighted by atomic mass is 32.1. The number of rotatable bonds is 2. The lowest BCUT2D eigenvalue weighted by Crippen LogP contribution is -2.09. The van der Waals surface area contributed by atoms with Gasteiger partial charge < -0.3 is 0 Å². The zero-order chi connectivity index (χ0) is 8.39. The molecule has 0 N–H and O–H groups in total. The molecule has 1 aliphatic rings. The molecule has 0 atom stereocenters. The molecular formula is C10H12OS. The summed E-state index contributed by atoms with van der Waals surface area (Å²) in [5.41, 5.74) is 0.923.